The second kappa shape index (κ2) is 7.81. The Morgan fingerprint density at radius 1 is 0.960 bits per heavy atom. The van der Waals surface area contributed by atoms with Crippen molar-refractivity contribution in [2.75, 3.05) is 10.6 Å². The Balaban J connectivity index is 1.71. The number of pyridine rings is 1. The van der Waals surface area contributed by atoms with Crippen molar-refractivity contribution in [3.8, 4) is 0 Å². The van der Waals surface area contributed by atoms with Crippen LogP contribution >= 0.6 is 11.6 Å². The van der Waals surface area contributed by atoms with Crippen LogP contribution in [0.5, 0.6) is 0 Å². The molecule has 0 spiro atoms. The van der Waals surface area contributed by atoms with Crippen molar-refractivity contribution < 1.29 is 4.79 Å². The molecule has 0 atom stereocenters. The number of hydrogen-bond acceptors (Lipinski definition) is 3. The maximum Gasteiger partial charge on any atom is 0.257 e. The Labute approximate surface area is 151 Å². The molecule has 1 aromatic heterocycles. The van der Waals surface area contributed by atoms with Gasteiger partial charge in [0.15, 0.2) is 0 Å². The Morgan fingerprint density at radius 2 is 1.64 bits per heavy atom. The van der Waals surface area contributed by atoms with Crippen LogP contribution in [0.25, 0.3) is 0 Å². The standard InChI is InChI=1S/C20H18ClN3O/c1-2-14-3-7-17(8-4-14)23-19-11-15(12-22-13-19)20(25)24-18-9-5-16(21)6-10-18/h3-13,23H,2H2,1H3,(H,24,25). The molecule has 0 aliphatic heterocycles. The van der Waals surface area contributed by atoms with Gasteiger partial charge in [0.2, 0.25) is 0 Å². The lowest BCUT2D eigenvalue weighted by atomic mass is 10.1. The third-order valence-electron chi connectivity index (χ3n) is 3.75. The number of aryl methyl sites for hydroxylation is 1. The third-order valence-corrected chi connectivity index (χ3v) is 4.01. The summed E-state index contributed by atoms with van der Waals surface area (Å²) in [7, 11) is 0. The minimum atomic E-state index is -0.222. The van der Waals surface area contributed by atoms with Gasteiger partial charge in [0.05, 0.1) is 17.4 Å². The molecule has 0 radical (unpaired) electrons. The highest BCUT2D eigenvalue weighted by molar-refractivity contribution is 6.30. The summed E-state index contributed by atoms with van der Waals surface area (Å²) in [6, 6.07) is 16.9. The van der Waals surface area contributed by atoms with Gasteiger partial charge in [-0.15, -0.1) is 0 Å². The van der Waals surface area contributed by atoms with Gasteiger partial charge in [-0.1, -0.05) is 30.7 Å². The number of rotatable bonds is 5. The lowest BCUT2D eigenvalue weighted by Gasteiger charge is -2.09. The minimum absolute atomic E-state index is 0.222. The molecule has 0 bridgehead atoms. The van der Waals surface area contributed by atoms with Crippen molar-refractivity contribution >= 4 is 34.6 Å². The van der Waals surface area contributed by atoms with Crippen LogP contribution in [0.15, 0.2) is 67.0 Å². The first-order valence-corrected chi connectivity index (χ1v) is 8.40. The quantitative estimate of drug-likeness (QED) is 0.656. The van der Waals surface area contributed by atoms with Gasteiger partial charge in [-0.2, -0.15) is 0 Å². The Hall–Kier alpha value is -2.85. The first-order valence-electron chi connectivity index (χ1n) is 8.02. The van der Waals surface area contributed by atoms with Crippen LogP contribution in [0.2, 0.25) is 5.02 Å². The predicted molar refractivity (Wildman–Crippen MR) is 103 cm³/mol. The monoisotopic (exact) mass is 351 g/mol. The number of hydrogen-bond donors (Lipinski definition) is 2. The van der Waals surface area contributed by atoms with E-state index < -0.39 is 0 Å². The molecule has 0 fully saturated rings. The normalized spacial score (nSPS) is 10.3. The lowest BCUT2D eigenvalue weighted by molar-refractivity contribution is 0.102. The van der Waals surface area contributed by atoms with Crippen molar-refractivity contribution in [1.29, 1.82) is 0 Å². The summed E-state index contributed by atoms with van der Waals surface area (Å²) in [6.07, 6.45) is 4.23. The second-order valence-electron chi connectivity index (χ2n) is 5.60. The molecule has 1 heterocycles. The van der Waals surface area contributed by atoms with E-state index in [4.69, 9.17) is 11.6 Å². The average Bonchev–Trinajstić information content (AvgIpc) is 2.64. The number of carbonyl (C=O) groups excluding carboxylic acids is 1. The fourth-order valence-electron chi connectivity index (χ4n) is 2.36. The summed E-state index contributed by atoms with van der Waals surface area (Å²) in [5.41, 5.74) is 4.15. The fourth-order valence-corrected chi connectivity index (χ4v) is 2.49. The van der Waals surface area contributed by atoms with Gasteiger partial charge in [-0.3, -0.25) is 9.78 Å². The van der Waals surface area contributed by atoms with Gasteiger partial charge in [0, 0.05) is 22.6 Å². The summed E-state index contributed by atoms with van der Waals surface area (Å²) in [6.45, 7) is 2.12. The maximum absolute atomic E-state index is 12.4. The molecule has 0 aliphatic rings. The van der Waals surface area contributed by atoms with Crippen LogP contribution in [-0.4, -0.2) is 10.9 Å². The molecule has 5 heteroatoms. The molecule has 0 unspecified atom stereocenters. The molecule has 3 rings (SSSR count). The highest BCUT2D eigenvalue weighted by Gasteiger charge is 2.08. The smallest absolute Gasteiger partial charge is 0.257 e. The zero-order chi connectivity index (χ0) is 17.6. The summed E-state index contributed by atoms with van der Waals surface area (Å²) in [5.74, 6) is -0.222. The Bertz CT molecular complexity index is 861. The molecule has 2 aromatic carbocycles. The first-order chi connectivity index (χ1) is 12.1. The molecular formula is C20H18ClN3O. The molecular weight excluding hydrogens is 334 g/mol. The van der Waals surface area contributed by atoms with E-state index in [1.807, 2.05) is 12.1 Å². The van der Waals surface area contributed by atoms with Crippen molar-refractivity contribution in [2.45, 2.75) is 13.3 Å². The van der Waals surface area contributed by atoms with Gasteiger partial charge in [0.1, 0.15) is 0 Å². The molecule has 0 saturated heterocycles. The maximum atomic E-state index is 12.4. The topological polar surface area (TPSA) is 54.0 Å². The molecule has 0 aliphatic carbocycles. The van der Waals surface area contributed by atoms with Gasteiger partial charge in [-0.05, 0) is 54.4 Å². The second-order valence-corrected chi connectivity index (χ2v) is 6.04. The van der Waals surface area contributed by atoms with Crippen molar-refractivity contribution in [2.24, 2.45) is 0 Å². The van der Waals surface area contributed by atoms with Crippen molar-refractivity contribution in [3.05, 3.63) is 83.1 Å². The predicted octanol–water partition coefficient (Wildman–Crippen LogP) is 5.29. The Morgan fingerprint density at radius 3 is 2.32 bits per heavy atom. The molecule has 3 aromatic rings. The molecule has 126 valence electrons. The minimum Gasteiger partial charge on any atom is -0.354 e. The number of amides is 1. The highest BCUT2D eigenvalue weighted by atomic mass is 35.5. The molecule has 4 nitrogen and oxygen atoms in total. The van der Waals surface area contributed by atoms with Gasteiger partial charge in [0.25, 0.3) is 5.91 Å². The number of carbonyl (C=O) groups is 1. The van der Waals surface area contributed by atoms with Gasteiger partial charge < -0.3 is 10.6 Å². The zero-order valence-corrected chi connectivity index (χ0v) is 14.5. The number of nitrogens with one attached hydrogen (secondary N) is 2. The first kappa shape index (κ1) is 17.0. The Kier molecular flexibility index (Phi) is 5.31. The van der Waals surface area contributed by atoms with E-state index in [9.17, 15) is 4.79 Å². The number of aromatic nitrogens is 1. The van der Waals surface area contributed by atoms with Crippen LogP contribution in [-0.2, 0) is 6.42 Å². The van der Waals surface area contributed by atoms with Crippen LogP contribution < -0.4 is 10.6 Å². The zero-order valence-electron chi connectivity index (χ0n) is 13.8. The summed E-state index contributed by atoms with van der Waals surface area (Å²) in [4.78, 5) is 16.5. The van der Waals surface area contributed by atoms with E-state index in [0.29, 0.717) is 16.3 Å². The van der Waals surface area contributed by atoms with Crippen LogP contribution in [0.3, 0.4) is 0 Å². The molecule has 25 heavy (non-hydrogen) atoms. The molecule has 1 amide bonds. The van der Waals surface area contributed by atoms with Crippen LogP contribution in [0.4, 0.5) is 17.1 Å². The molecule has 2 N–H and O–H groups in total. The van der Waals surface area contributed by atoms with E-state index in [-0.39, 0.29) is 5.91 Å². The van der Waals surface area contributed by atoms with E-state index in [0.717, 1.165) is 17.8 Å². The highest BCUT2D eigenvalue weighted by Crippen LogP contribution is 2.19. The van der Waals surface area contributed by atoms with E-state index >= 15 is 0 Å². The lowest BCUT2D eigenvalue weighted by Crippen LogP contribution is -2.12. The number of halogens is 1. The van der Waals surface area contributed by atoms with Crippen LogP contribution in [0.1, 0.15) is 22.8 Å². The largest absolute Gasteiger partial charge is 0.354 e. The van der Waals surface area contributed by atoms with Gasteiger partial charge in [-0.25, -0.2) is 0 Å². The van der Waals surface area contributed by atoms with E-state index in [1.54, 1.807) is 36.5 Å². The summed E-state index contributed by atoms with van der Waals surface area (Å²) in [5, 5.41) is 6.71. The molecule has 0 saturated carbocycles. The summed E-state index contributed by atoms with van der Waals surface area (Å²) < 4.78 is 0. The SMILES string of the molecule is CCc1ccc(Nc2cncc(C(=O)Nc3ccc(Cl)cc3)c2)cc1. The third kappa shape index (κ3) is 4.58. The van der Waals surface area contributed by atoms with E-state index in [1.165, 1.54) is 11.8 Å². The van der Waals surface area contributed by atoms with Gasteiger partial charge >= 0.3 is 0 Å². The van der Waals surface area contributed by atoms with Crippen molar-refractivity contribution in [1.82, 2.24) is 4.98 Å². The number of anilines is 3. The van der Waals surface area contributed by atoms with Crippen molar-refractivity contribution in [3.63, 3.8) is 0 Å². The van der Waals surface area contributed by atoms with E-state index in [2.05, 4.69) is 34.7 Å². The average molecular weight is 352 g/mol. The van der Waals surface area contributed by atoms with Crippen LogP contribution in [0, 0.1) is 0 Å². The number of nitrogens with zero attached hydrogens (tertiary/aromatic N) is 1. The fraction of sp³-hybridized carbons (Fsp3) is 0.100. The summed E-state index contributed by atoms with van der Waals surface area (Å²) >= 11 is 5.85. The number of benzene rings is 2.